The van der Waals surface area contributed by atoms with Gasteiger partial charge in [0.1, 0.15) is 0 Å². The summed E-state index contributed by atoms with van der Waals surface area (Å²) in [6.07, 6.45) is 16.4. The van der Waals surface area contributed by atoms with Crippen molar-refractivity contribution in [3.05, 3.63) is 48.1 Å². The summed E-state index contributed by atoms with van der Waals surface area (Å²) in [6.45, 7) is 0.215. The Morgan fingerprint density at radius 1 is 1.08 bits per heavy atom. The summed E-state index contributed by atoms with van der Waals surface area (Å²) in [5.41, 5.74) is 1.11. The molecule has 1 nitrogen and oxygen atoms in total. The first-order chi connectivity index (χ1) is 5.93. The van der Waals surface area contributed by atoms with Crippen LogP contribution in [-0.2, 0) is 17.1 Å². The maximum atomic E-state index is 8.46. The molecule has 0 saturated carbocycles. The van der Waals surface area contributed by atoms with E-state index in [4.69, 9.17) is 5.11 Å². The maximum absolute atomic E-state index is 8.46. The van der Waals surface area contributed by atoms with Gasteiger partial charge in [-0.3, -0.25) is 0 Å². The minimum atomic E-state index is 0. The molecule has 0 heterocycles. The molecule has 0 atom stereocenters. The zero-order chi connectivity index (χ0) is 8.65. The fraction of sp³-hybridized carbons (Fsp3) is 0.273. The smallest absolute Gasteiger partial charge is 0.0647 e. The van der Waals surface area contributed by atoms with Crippen molar-refractivity contribution in [2.24, 2.45) is 0 Å². The van der Waals surface area contributed by atoms with Crippen molar-refractivity contribution in [1.82, 2.24) is 0 Å². The molecule has 0 bridgehead atoms. The van der Waals surface area contributed by atoms with E-state index in [0.29, 0.717) is 0 Å². The molecule has 0 amide bonds. The van der Waals surface area contributed by atoms with Crippen molar-refractivity contribution in [2.45, 2.75) is 12.8 Å². The molecule has 1 N–H and O–H groups in total. The molecule has 0 fully saturated rings. The summed E-state index contributed by atoms with van der Waals surface area (Å²) in [4.78, 5) is 0. The fourth-order valence-corrected chi connectivity index (χ4v) is 1.00. The standard InChI is InChI=1S/C6H8O.C5H6.Fe/c7-5-6-3-1-2-4-6;1-2-4-5-3-1;/h1-3,7H,4-5H2;1-4H,5H2;. The summed E-state index contributed by atoms with van der Waals surface area (Å²) < 4.78 is 0. The Morgan fingerprint density at radius 2 is 1.77 bits per heavy atom. The Kier molecular flexibility index (Phi) is 7.71. The Hall–Kier alpha value is -0.561. The molecular weight excluding hydrogens is 204 g/mol. The normalized spacial score (nSPS) is 16.2. The van der Waals surface area contributed by atoms with Gasteiger partial charge in [-0.1, -0.05) is 42.5 Å². The Bertz CT molecular complexity index is 226. The van der Waals surface area contributed by atoms with Crippen LogP contribution in [0, 0.1) is 0 Å². The van der Waals surface area contributed by atoms with Crippen LogP contribution in [0.1, 0.15) is 12.8 Å². The summed E-state index contributed by atoms with van der Waals surface area (Å²) >= 11 is 0. The third kappa shape index (κ3) is 5.64. The quantitative estimate of drug-likeness (QED) is 0.670. The second-order valence-electron chi connectivity index (χ2n) is 2.71. The molecule has 0 unspecified atom stereocenters. The topological polar surface area (TPSA) is 20.2 Å². The van der Waals surface area contributed by atoms with Gasteiger partial charge in [-0.2, -0.15) is 0 Å². The van der Waals surface area contributed by atoms with E-state index < -0.39 is 0 Å². The van der Waals surface area contributed by atoms with Gasteiger partial charge in [-0.15, -0.1) is 0 Å². The van der Waals surface area contributed by atoms with Crippen molar-refractivity contribution >= 4 is 0 Å². The second-order valence-corrected chi connectivity index (χ2v) is 2.71. The number of aliphatic hydroxyl groups excluding tert-OH is 1. The first kappa shape index (κ1) is 12.4. The Morgan fingerprint density at radius 3 is 2.00 bits per heavy atom. The van der Waals surface area contributed by atoms with Gasteiger partial charge < -0.3 is 5.11 Å². The van der Waals surface area contributed by atoms with Crippen molar-refractivity contribution in [3.8, 4) is 0 Å². The third-order valence-corrected chi connectivity index (χ3v) is 1.71. The predicted molar refractivity (Wildman–Crippen MR) is 51.8 cm³/mol. The van der Waals surface area contributed by atoms with E-state index in [9.17, 15) is 0 Å². The third-order valence-electron chi connectivity index (χ3n) is 1.71. The Labute approximate surface area is 90.0 Å². The predicted octanol–water partition coefficient (Wildman–Crippen LogP) is 2.37. The van der Waals surface area contributed by atoms with E-state index in [2.05, 4.69) is 24.3 Å². The van der Waals surface area contributed by atoms with Gasteiger partial charge in [0.25, 0.3) is 0 Å². The van der Waals surface area contributed by atoms with Crippen molar-refractivity contribution < 1.29 is 22.2 Å². The van der Waals surface area contributed by atoms with Crippen LogP contribution in [0.3, 0.4) is 0 Å². The van der Waals surface area contributed by atoms with Crippen LogP contribution < -0.4 is 0 Å². The molecule has 0 aromatic heterocycles. The molecule has 72 valence electrons. The van der Waals surface area contributed by atoms with Gasteiger partial charge in [0, 0.05) is 17.1 Å². The van der Waals surface area contributed by atoms with Crippen molar-refractivity contribution in [2.75, 3.05) is 6.61 Å². The fourth-order valence-electron chi connectivity index (χ4n) is 1.00. The molecular formula is C11H14FeO. The zero-order valence-corrected chi connectivity index (χ0v) is 8.57. The van der Waals surface area contributed by atoms with Gasteiger partial charge >= 0.3 is 0 Å². The first-order valence-electron chi connectivity index (χ1n) is 4.20. The van der Waals surface area contributed by atoms with Crippen LogP contribution in [0.4, 0.5) is 0 Å². The molecule has 13 heavy (non-hydrogen) atoms. The van der Waals surface area contributed by atoms with Crippen molar-refractivity contribution in [1.29, 1.82) is 0 Å². The molecule has 2 heteroatoms. The van der Waals surface area contributed by atoms with Crippen LogP contribution in [0.15, 0.2) is 48.1 Å². The molecule has 2 aliphatic rings. The van der Waals surface area contributed by atoms with E-state index >= 15 is 0 Å². The molecule has 2 rings (SSSR count). The SMILES string of the molecule is C1=CCC=C1.OCC1=CC=CC1.[Fe]. The van der Waals surface area contributed by atoms with E-state index in [0.717, 1.165) is 18.4 Å². The summed E-state index contributed by atoms with van der Waals surface area (Å²) in [6, 6.07) is 0. The summed E-state index contributed by atoms with van der Waals surface area (Å²) in [5, 5.41) is 8.46. The number of hydrogen-bond donors (Lipinski definition) is 1. The number of rotatable bonds is 1. The molecule has 0 radical (unpaired) electrons. The van der Waals surface area contributed by atoms with E-state index in [-0.39, 0.29) is 23.7 Å². The van der Waals surface area contributed by atoms with Crippen LogP contribution in [0.2, 0.25) is 0 Å². The molecule has 0 spiro atoms. The molecule has 0 aromatic rings. The Balaban J connectivity index is 0.000000215. The largest absolute Gasteiger partial charge is 0.392 e. The second kappa shape index (κ2) is 8.06. The van der Waals surface area contributed by atoms with E-state index in [1.807, 2.05) is 18.2 Å². The zero-order valence-electron chi connectivity index (χ0n) is 7.46. The van der Waals surface area contributed by atoms with Crippen LogP contribution in [-0.4, -0.2) is 11.7 Å². The molecule has 0 aromatic carbocycles. The average molecular weight is 218 g/mol. The van der Waals surface area contributed by atoms with E-state index in [1.165, 1.54) is 0 Å². The molecule has 0 saturated heterocycles. The van der Waals surface area contributed by atoms with Crippen LogP contribution >= 0.6 is 0 Å². The monoisotopic (exact) mass is 218 g/mol. The van der Waals surface area contributed by atoms with Gasteiger partial charge in [-0.25, -0.2) is 0 Å². The van der Waals surface area contributed by atoms with Crippen LogP contribution in [0.5, 0.6) is 0 Å². The van der Waals surface area contributed by atoms with Gasteiger partial charge in [0.2, 0.25) is 0 Å². The van der Waals surface area contributed by atoms with Crippen molar-refractivity contribution in [3.63, 3.8) is 0 Å². The average Bonchev–Trinajstić information content (AvgIpc) is 2.81. The number of hydrogen-bond acceptors (Lipinski definition) is 1. The maximum Gasteiger partial charge on any atom is 0.0647 e. The van der Waals surface area contributed by atoms with Gasteiger partial charge in [0.05, 0.1) is 6.61 Å². The number of allylic oxidation sites excluding steroid dienone is 7. The number of aliphatic hydroxyl groups is 1. The summed E-state index contributed by atoms with van der Waals surface area (Å²) in [7, 11) is 0. The molecule has 2 aliphatic carbocycles. The first-order valence-corrected chi connectivity index (χ1v) is 4.20. The van der Waals surface area contributed by atoms with Gasteiger partial charge in [0.15, 0.2) is 0 Å². The molecule has 0 aliphatic heterocycles. The summed E-state index contributed by atoms with van der Waals surface area (Å²) in [5.74, 6) is 0. The van der Waals surface area contributed by atoms with Crippen LogP contribution in [0.25, 0.3) is 0 Å². The van der Waals surface area contributed by atoms with E-state index in [1.54, 1.807) is 0 Å². The minimum Gasteiger partial charge on any atom is -0.392 e. The van der Waals surface area contributed by atoms with Gasteiger partial charge in [-0.05, 0) is 18.4 Å². The minimum absolute atomic E-state index is 0.